The second kappa shape index (κ2) is 7.48. The summed E-state index contributed by atoms with van der Waals surface area (Å²) in [6.45, 7) is 0. The summed E-state index contributed by atoms with van der Waals surface area (Å²) in [5.41, 5.74) is 1.74. The summed E-state index contributed by atoms with van der Waals surface area (Å²) in [5, 5.41) is 2.03. The first-order valence-electron chi connectivity index (χ1n) is 8.53. The number of ether oxygens (including phenoxy) is 3. The first-order valence-corrected chi connectivity index (χ1v) is 9.32. The third-order valence-electron chi connectivity index (χ3n) is 4.40. The van der Waals surface area contributed by atoms with Crippen LogP contribution in [0.1, 0.15) is 11.1 Å². The average molecular weight is 438 g/mol. The standard InChI is InChI=1S/C22H16BrNO4/c1-26-19-12-13(10-17(23)20(19)27-2)11-18-22(25)28-21(24-18)16-9-5-7-14-6-3-4-8-15(14)16/h3-12H,1-2H3/b18-11-. The highest BCUT2D eigenvalue weighted by molar-refractivity contribution is 9.10. The Morgan fingerprint density at radius 3 is 2.61 bits per heavy atom. The molecule has 0 aliphatic carbocycles. The summed E-state index contributed by atoms with van der Waals surface area (Å²) in [4.78, 5) is 16.8. The van der Waals surface area contributed by atoms with E-state index >= 15 is 0 Å². The van der Waals surface area contributed by atoms with Crippen molar-refractivity contribution in [1.82, 2.24) is 0 Å². The van der Waals surface area contributed by atoms with Gasteiger partial charge in [-0.1, -0.05) is 36.4 Å². The van der Waals surface area contributed by atoms with E-state index < -0.39 is 5.97 Å². The van der Waals surface area contributed by atoms with Crippen LogP contribution in [0.15, 0.2) is 69.8 Å². The van der Waals surface area contributed by atoms with E-state index in [4.69, 9.17) is 14.2 Å². The van der Waals surface area contributed by atoms with Crippen molar-refractivity contribution in [3.8, 4) is 11.5 Å². The van der Waals surface area contributed by atoms with Gasteiger partial charge in [-0.05, 0) is 56.5 Å². The molecular weight excluding hydrogens is 422 g/mol. The zero-order chi connectivity index (χ0) is 19.7. The Morgan fingerprint density at radius 1 is 1.04 bits per heavy atom. The van der Waals surface area contributed by atoms with Gasteiger partial charge in [0.1, 0.15) is 0 Å². The first kappa shape index (κ1) is 18.3. The van der Waals surface area contributed by atoms with E-state index in [0.29, 0.717) is 21.9 Å². The van der Waals surface area contributed by atoms with E-state index in [1.807, 2.05) is 48.5 Å². The Balaban J connectivity index is 1.76. The Labute approximate surface area is 170 Å². The maximum atomic E-state index is 12.4. The van der Waals surface area contributed by atoms with Gasteiger partial charge < -0.3 is 14.2 Å². The molecule has 0 saturated carbocycles. The highest BCUT2D eigenvalue weighted by atomic mass is 79.9. The molecule has 0 saturated heterocycles. The fraction of sp³-hybridized carbons (Fsp3) is 0.0909. The fourth-order valence-electron chi connectivity index (χ4n) is 3.12. The number of benzene rings is 3. The number of rotatable bonds is 4. The fourth-order valence-corrected chi connectivity index (χ4v) is 3.74. The van der Waals surface area contributed by atoms with Crippen molar-refractivity contribution in [2.75, 3.05) is 14.2 Å². The maximum Gasteiger partial charge on any atom is 0.363 e. The molecule has 6 heteroatoms. The van der Waals surface area contributed by atoms with Crippen LogP contribution >= 0.6 is 15.9 Å². The van der Waals surface area contributed by atoms with Crippen LogP contribution in [-0.2, 0) is 9.53 Å². The predicted octanol–water partition coefficient (Wildman–Crippen LogP) is 4.96. The Kier molecular flexibility index (Phi) is 4.88. The number of hydrogen-bond acceptors (Lipinski definition) is 5. The monoisotopic (exact) mass is 437 g/mol. The molecule has 0 unspecified atom stereocenters. The number of methoxy groups -OCH3 is 2. The molecule has 0 spiro atoms. The van der Waals surface area contributed by atoms with E-state index in [0.717, 1.165) is 21.9 Å². The van der Waals surface area contributed by atoms with Gasteiger partial charge in [0.05, 0.1) is 18.7 Å². The van der Waals surface area contributed by atoms with Crippen molar-refractivity contribution in [2.45, 2.75) is 0 Å². The second-order valence-electron chi connectivity index (χ2n) is 6.10. The van der Waals surface area contributed by atoms with Crippen molar-refractivity contribution in [1.29, 1.82) is 0 Å². The van der Waals surface area contributed by atoms with Crippen molar-refractivity contribution in [3.05, 3.63) is 75.9 Å². The molecule has 3 aromatic carbocycles. The molecule has 4 rings (SSSR count). The largest absolute Gasteiger partial charge is 0.493 e. The first-order chi connectivity index (χ1) is 13.6. The quantitative estimate of drug-likeness (QED) is 0.427. The molecule has 140 valence electrons. The van der Waals surface area contributed by atoms with Crippen LogP contribution in [0.4, 0.5) is 0 Å². The number of halogens is 1. The normalized spacial score (nSPS) is 14.9. The zero-order valence-corrected chi connectivity index (χ0v) is 16.8. The third kappa shape index (κ3) is 3.27. The van der Waals surface area contributed by atoms with Gasteiger partial charge in [-0.15, -0.1) is 0 Å². The number of hydrogen-bond donors (Lipinski definition) is 0. The van der Waals surface area contributed by atoms with E-state index in [2.05, 4.69) is 20.9 Å². The number of carbonyl (C=O) groups excluding carboxylic acids is 1. The van der Waals surface area contributed by atoms with Gasteiger partial charge in [-0.2, -0.15) is 0 Å². The topological polar surface area (TPSA) is 57.1 Å². The minimum Gasteiger partial charge on any atom is -0.493 e. The van der Waals surface area contributed by atoms with Crippen LogP contribution in [0.25, 0.3) is 16.8 Å². The van der Waals surface area contributed by atoms with Gasteiger partial charge in [0, 0.05) is 5.56 Å². The summed E-state index contributed by atoms with van der Waals surface area (Å²) >= 11 is 3.45. The molecule has 1 heterocycles. The Morgan fingerprint density at radius 2 is 1.82 bits per heavy atom. The van der Waals surface area contributed by atoms with Crippen LogP contribution in [-0.4, -0.2) is 26.1 Å². The van der Waals surface area contributed by atoms with Gasteiger partial charge in [-0.25, -0.2) is 9.79 Å². The number of nitrogens with zero attached hydrogens (tertiary/aromatic N) is 1. The van der Waals surface area contributed by atoms with Crippen molar-refractivity contribution >= 4 is 44.6 Å². The molecule has 0 aromatic heterocycles. The summed E-state index contributed by atoms with van der Waals surface area (Å²) in [6, 6.07) is 17.3. The lowest BCUT2D eigenvalue weighted by Gasteiger charge is -2.10. The smallest absolute Gasteiger partial charge is 0.363 e. The lowest BCUT2D eigenvalue weighted by Crippen LogP contribution is -2.05. The Bertz CT molecular complexity index is 1150. The molecule has 0 bridgehead atoms. The number of fused-ring (bicyclic) bond motifs is 1. The lowest BCUT2D eigenvalue weighted by atomic mass is 10.0. The molecule has 0 fully saturated rings. The van der Waals surface area contributed by atoms with Gasteiger partial charge in [0.2, 0.25) is 5.90 Å². The number of aliphatic imine (C=N–C) groups is 1. The summed E-state index contributed by atoms with van der Waals surface area (Å²) in [5.74, 6) is 0.938. The van der Waals surface area contributed by atoms with Crippen molar-refractivity contribution < 1.29 is 19.0 Å². The van der Waals surface area contributed by atoms with Crippen molar-refractivity contribution in [2.24, 2.45) is 4.99 Å². The maximum absolute atomic E-state index is 12.4. The lowest BCUT2D eigenvalue weighted by molar-refractivity contribution is -0.129. The van der Waals surface area contributed by atoms with Gasteiger partial charge in [0.25, 0.3) is 0 Å². The minimum absolute atomic E-state index is 0.224. The molecule has 0 N–H and O–H groups in total. The van der Waals surface area contributed by atoms with E-state index in [1.165, 1.54) is 0 Å². The second-order valence-corrected chi connectivity index (χ2v) is 6.96. The molecule has 0 amide bonds. The summed E-state index contributed by atoms with van der Waals surface area (Å²) in [6.07, 6.45) is 1.66. The third-order valence-corrected chi connectivity index (χ3v) is 4.99. The van der Waals surface area contributed by atoms with Crippen LogP contribution in [0.3, 0.4) is 0 Å². The van der Waals surface area contributed by atoms with E-state index in [9.17, 15) is 4.79 Å². The predicted molar refractivity (Wildman–Crippen MR) is 112 cm³/mol. The highest BCUT2D eigenvalue weighted by Gasteiger charge is 2.25. The molecule has 28 heavy (non-hydrogen) atoms. The average Bonchev–Trinajstić information content (AvgIpc) is 3.07. The number of carbonyl (C=O) groups is 1. The van der Waals surface area contributed by atoms with Crippen LogP contribution in [0.5, 0.6) is 11.5 Å². The van der Waals surface area contributed by atoms with Gasteiger partial charge in [-0.3, -0.25) is 0 Å². The minimum atomic E-state index is -0.492. The van der Waals surface area contributed by atoms with Crippen LogP contribution in [0.2, 0.25) is 0 Å². The zero-order valence-electron chi connectivity index (χ0n) is 15.2. The summed E-state index contributed by atoms with van der Waals surface area (Å²) in [7, 11) is 3.12. The van der Waals surface area contributed by atoms with Crippen LogP contribution in [0, 0.1) is 0 Å². The van der Waals surface area contributed by atoms with Crippen LogP contribution < -0.4 is 9.47 Å². The van der Waals surface area contributed by atoms with E-state index in [1.54, 1.807) is 26.4 Å². The molecule has 5 nitrogen and oxygen atoms in total. The number of cyclic esters (lactones) is 1. The molecule has 0 radical (unpaired) electrons. The molecule has 3 aromatic rings. The van der Waals surface area contributed by atoms with Gasteiger partial charge >= 0.3 is 5.97 Å². The SMILES string of the molecule is COc1cc(/C=C2\N=C(c3cccc4ccccc34)OC2=O)cc(Br)c1OC. The highest BCUT2D eigenvalue weighted by Crippen LogP contribution is 2.37. The number of esters is 1. The Hall–Kier alpha value is -3.12. The van der Waals surface area contributed by atoms with Crippen molar-refractivity contribution in [3.63, 3.8) is 0 Å². The molecule has 0 atom stereocenters. The summed E-state index contributed by atoms with van der Waals surface area (Å²) < 4.78 is 16.8. The van der Waals surface area contributed by atoms with Gasteiger partial charge in [0.15, 0.2) is 17.2 Å². The molecular formula is C22H16BrNO4. The molecule has 1 aliphatic rings. The molecule has 1 aliphatic heterocycles. The van der Waals surface area contributed by atoms with E-state index in [-0.39, 0.29) is 5.70 Å².